The van der Waals surface area contributed by atoms with Crippen LogP contribution in [0.3, 0.4) is 0 Å². The molecule has 1 N–H and O–H groups in total. The molecule has 1 heterocycles. The minimum atomic E-state index is -0.604. The number of hydrogen-bond donors (Lipinski definition) is 1. The Morgan fingerprint density at radius 3 is 2.57 bits per heavy atom. The van der Waals surface area contributed by atoms with E-state index >= 15 is 0 Å². The predicted octanol–water partition coefficient (Wildman–Crippen LogP) is 4.94. The van der Waals surface area contributed by atoms with Crippen LogP contribution in [0.15, 0.2) is 60.8 Å². The Balaban J connectivity index is 1.67. The summed E-state index contributed by atoms with van der Waals surface area (Å²) < 4.78 is 10.7. The van der Waals surface area contributed by atoms with E-state index in [-0.39, 0.29) is 6.61 Å². The van der Waals surface area contributed by atoms with Crippen molar-refractivity contribution < 1.29 is 19.1 Å². The van der Waals surface area contributed by atoms with Crippen LogP contribution in [-0.2, 0) is 16.1 Å². The monoisotopic (exact) mass is 378 g/mol. The first-order valence-corrected chi connectivity index (χ1v) is 8.92. The number of aromatic nitrogens is 1. The average Bonchev–Trinajstić information content (AvgIpc) is 2.64. The van der Waals surface area contributed by atoms with Gasteiger partial charge in [0.2, 0.25) is 0 Å². The van der Waals surface area contributed by atoms with Crippen LogP contribution in [0.1, 0.15) is 36.7 Å². The summed E-state index contributed by atoms with van der Waals surface area (Å²) in [6.45, 7) is 5.45. The van der Waals surface area contributed by atoms with Gasteiger partial charge in [0.25, 0.3) is 0 Å². The maximum Gasteiger partial charge on any atom is 0.412 e. The van der Waals surface area contributed by atoms with Gasteiger partial charge in [0, 0.05) is 22.8 Å². The Hall–Kier alpha value is -3.41. The molecule has 3 aromatic rings. The maximum atomic E-state index is 12.4. The second kappa shape index (κ2) is 8.08. The van der Waals surface area contributed by atoms with Crippen LogP contribution in [0.2, 0.25) is 0 Å². The van der Waals surface area contributed by atoms with Crippen LogP contribution in [0.25, 0.3) is 10.9 Å². The number of esters is 1. The number of ether oxygens (including phenoxy) is 2. The molecule has 0 spiro atoms. The molecule has 0 radical (unpaired) electrons. The molecule has 1 aromatic heterocycles. The first-order chi connectivity index (χ1) is 13.3. The Morgan fingerprint density at radius 2 is 1.79 bits per heavy atom. The molecule has 0 aliphatic rings. The van der Waals surface area contributed by atoms with E-state index < -0.39 is 17.7 Å². The van der Waals surface area contributed by atoms with Crippen molar-refractivity contribution in [2.24, 2.45) is 0 Å². The molecule has 0 saturated carbocycles. The molecule has 0 atom stereocenters. The average molecular weight is 378 g/mol. The number of amides is 1. The SMILES string of the molecule is CC(C)(C)OC(=O)Nc1cccc(C(=O)OCc2cccc3cccnc23)c1. The van der Waals surface area contributed by atoms with Crippen LogP contribution >= 0.6 is 0 Å². The molecule has 1 amide bonds. The topological polar surface area (TPSA) is 77.5 Å². The number of pyridine rings is 1. The molecular weight excluding hydrogens is 356 g/mol. The number of para-hydroxylation sites is 1. The molecule has 6 heteroatoms. The van der Waals surface area contributed by atoms with Crippen molar-refractivity contribution in [3.8, 4) is 0 Å². The normalized spacial score (nSPS) is 11.1. The van der Waals surface area contributed by atoms with E-state index in [9.17, 15) is 9.59 Å². The van der Waals surface area contributed by atoms with Crippen LogP contribution in [0, 0.1) is 0 Å². The van der Waals surface area contributed by atoms with E-state index in [2.05, 4.69) is 10.3 Å². The molecule has 2 aromatic carbocycles. The molecule has 0 aliphatic carbocycles. The highest BCUT2D eigenvalue weighted by atomic mass is 16.6. The standard InChI is InChI=1S/C22H22N2O4/c1-22(2,3)28-21(26)24-18-11-5-8-16(13-18)20(25)27-14-17-9-4-7-15-10-6-12-23-19(15)17/h4-13H,14H2,1-3H3,(H,24,26). The number of carbonyl (C=O) groups excluding carboxylic acids is 2. The molecule has 28 heavy (non-hydrogen) atoms. The fourth-order valence-corrected chi connectivity index (χ4v) is 2.66. The number of rotatable bonds is 4. The van der Waals surface area contributed by atoms with Crippen LogP contribution in [-0.4, -0.2) is 22.6 Å². The fourth-order valence-electron chi connectivity index (χ4n) is 2.66. The van der Waals surface area contributed by atoms with Gasteiger partial charge in [0.15, 0.2) is 0 Å². The molecule has 0 bridgehead atoms. The molecule has 0 aliphatic heterocycles. The van der Waals surface area contributed by atoms with Crippen LogP contribution < -0.4 is 5.32 Å². The van der Waals surface area contributed by atoms with Gasteiger partial charge in [-0.2, -0.15) is 0 Å². The smallest absolute Gasteiger partial charge is 0.412 e. The molecule has 0 unspecified atom stereocenters. The summed E-state index contributed by atoms with van der Waals surface area (Å²) in [4.78, 5) is 28.7. The minimum Gasteiger partial charge on any atom is -0.457 e. The van der Waals surface area contributed by atoms with E-state index in [0.717, 1.165) is 16.5 Å². The van der Waals surface area contributed by atoms with Crippen molar-refractivity contribution >= 4 is 28.7 Å². The summed E-state index contributed by atoms with van der Waals surface area (Å²) in [6, 6.07) is 16.1. The summed E-state index contributed by atoms with van der Waals surface area (Å²) in [5.41, 5.74) is 1.82. The number of anilines is 1. The van der Waals surface area contributed by atoms with E-state index in [4.69, 9.17) is 9.47 Å². The van der Waals surface area contributed by atoms with Gasteiger partial charge < -0.3 is 9.47 Å². The third-order valence-corrected chi connectivity index (χ3v) is 3.82. The lowest BCUT2D eigenvalue weighted by atomic mass is 10.1. The Kier molecular flexibility index (Phi) is 5.59. The summed E-state index contributed by atoms with van der Waals surface area (Å²) in [5.74, 6) is -0.485. The first-order valence-electron chi connectivity index (χ1n) is 8.92. The zero-order valence-corrected chi connectivity index (χ0v) is 16.1. The lowest BCUT2D eigenvalue weighted by Crippen LogP contribution is -2.27. The Labute approximate surface area is 163 Å². The van der Waals surface area contributed by atoms with Crippen molar-refractivity contribution in [2.75, 3.05) is 5.32 Å². The van der Waals surface area contributed by atoms with E-state index in [1.807, 2.05) is 30.3 Å². The van der Waals surface area contributed by atoms with Gasteiger partial charge in [0.1, 0.15) is 12.2 Å². The van der Waals surface area contributed by atoms with Crippen molar-refractivity contribution in [2.45, 2.75) is 33.0 Å². The molecule has 3 rings (SSSR count). The van der Waals surface area contributed by atoms with Gasteiger partial charge in [0.05, 0.1) is 11.1 Å². The highest BCUT2D eigenvalue weighted by Gasteiger charge is 2.17. The van der Waals surface area contributed by atoms with Gasteiger partial charge in [-0.25, -0.2) is 9.59 Å². The number of benzene rings is 2. The van der Waals surface area contributed by atoms with E-state index in [1.54, 1.807) is 51.2 Å². The zero-order chi connectivity index (χ0) is 20.1. The van der Waals surface area contributed by atoms with E-state index in [1.165, 1.54) is 0 Å². The van der Waals surface area contributed by atoms with Crippen molar-refractivity contribution in [1.29, 1.82) is 0 Å². The molecular formula is C22H22N2O4. The number of nitrogens with zero attached hydrogens (tertiary/aromatic N) is 1. The summed E-state index contributed by atoms with van der Waals surface area (Å²) >= 11 is 0. The lowest BCUT2D eigenvalue weighted by molar-refractivity contribution is 0.0473. The van der Waals surface area contributed by atoms with Gasteiger partial charge in [-0.3, -0.25) is 10.3 Å². The lowest BCUT2D eigenvalue weighted by Gasteiger charge is -2.19. The maximum absolute atomic E-state index is 12.4. The molecule has 6 nitrogen and oxygen atoms in total. The number of nitrogens with one attached hydrogen (secondary N) is 1. The van der Waals surface area contributed by atoms with Gasteiger partial charge in [-0.05, 0) is 45.0 Å². The van der Waals surface area contributed by atoms with Gasteiger partial charge >= 0.3 is 12.1 Å². The van der Waals surface area contributed by atoms with Gasteiger partial charge in [-0.1, -0.05) is 30.3 Å². The first kappa shape index (κ1) is 19.4. The summed E-state index contributed by atoms with van der Waals surface area (Å²) in [5, 5.41) is 3.60. The second-order valence-corrected chi connectivity index (χ2v) is 7.28. The molecule has 144 valence electrons. The quantitative estimate of drug-likeness (QED) is 0.651. The summed E-state index contributed by atoms with van der Waals surface area (Å²) in [6.07, 6.45) is 1.12. The number of carbonyl (C=O) groups is 2. The predicted molar refractivity (Wildman–Crippen MR) is 107 cm³/mol. The third-order valence-electron chi connectivity index (χ3n) is 3.82. The number of hydrogen-bond acceptors (Lipinski definition) is 5. The van der Waals surface area contributed by atoms with Crippen LogP contribution in [0.4, 0.5) is 10.5 Å². The Morgan fingerprint density at radius 1 is 1.04 bits per heavy atom. The molecule has 0 saturated heterocycles. The van der Waals surface area contributed by atoms with E-state index in [0.29, 0.717) is 11.3 Å². The van der Waals surface area contributed by atoms with Crippen molar-refractivity contribution in [3.63, 3.8) is 0 Å². The summed E-state index contributed by atoms with van der Waals surface area (Å²) in [7, 11) is 0. The second-order valence-electron chi connectivity index (χ2n) is 7.28. The van der Waals surface area contributed by atoms with Crippen molar-refractivity contribution in [1.82, 2.24) is 4.98 Å². The minimum absolute atomic E-state index is 0.108. The fraction of sp³-hybridized carbons (Fsp3) is 0.227. The highest BCUT2D eigenvalue weighted by Crippen LogP contribution is 2.18. The molecule has 0 fully saturated rings. The van der Waals surface area contributed by atoms with Gasteiger partial charge in [-0.15, -0.1) is 0 Å². The zero-order valence-electron chi connectivity index (χ0n) is 16.1. The number of fused-ring (bicyclic) bond motifs is 1. The van der Waals surface area contributed by atoms with Crippen LogP contribution in [0.5, 0.6) is 0 Å². The van der Waals surface area contributed by atoms with Crippen molar-refractivity contribution in [3.05, 3.63) is 71.9 Å². The largest absolute Gasteiger partial charge is 0.457 e. The highest BCUT2D eigenvalue weighted by molar-refractivity contribution is 5.92. The third kappa shape index (κ3) is 5.07. The Bertz CT molecular complexity index is 1000.